The summed E-state index contributed by atoms with van der Waals surface area (Å²) in [5, 5.41) is 1.000. The van der Waals surface area contributed by atoms with Crippen LogP contribution in [0.25, 0.3) is 22.0 Å². The van der Waals surface area contributed by atoms with Gasteiger partial charge in [-0.3, -0.25) is 4.79 Å². The van der Waals surface area contributed by atoms with Gasteiger partial charge in [0.25, 0.3) is 5.56 Å². The molecule has 0 spiro atoms. The van der Waals surface area contributed by atoms with Crippen LogP contribution in [0.15, 0.2) is 47.5 Å². The molecule has 1 aromatic carbocycles. The number of likely N-dealkylation sites (tertiary alicyclic amines) is 1. The lowest BCUT2D eigenvalue weighted by atomic mass is 9.89. The van der Waals surface area contributed by atoms with Gasteiger partial charge in [0, 0.05) is 30.4 Å². The maximum absolute atomic E-state index is 12.3. The maximum Gasteiger partial charge on any atom is 0.274 e. The van der Waals surface area contributed by atoms with Gasteiger partial charge in [-0.2, -0.15) is 0 Å². The van der Waals surface area contributed by atoms with Crippen molar-refractivity contribution in [3.8, 4) is 11.1 Å². The van der Waals surface area contributed by atoms with Crippen LogP contribution in [0, 0.1) is 5.92 Å². The SMILES string of the molecule is CN1CCC(Cc2cccc(-c3cn(C)c(=O)c4[nH]ccc34)c2)CC1. The van der Waals surface area contributed by atoms with E-state index in [9.17, 15) is 4.79 Å². The molecular weight excluding hydrogens is 310 g/mol. The lowest BCUT2D eigenvalue weighted by Crippen LogP contribution is -2.30. The van der Waals surface area contributed by atoms with Crippen molar-refractivity contribution in [3.05, 3.63) is 58.6 Å². The second kappa shape index (κ2) is 6.52. The third-order valence-corrected chi connectivity index (χ3v) is 5.49. The fraction of sp³-hybridized carbons (Fsp3) is 0.381. The Bertz CT molecular complexity index is 945. The Morgan fingerprint density at radius 3 is 2.76 bits per heavy atom. The zero-order valence-electron chi connectivity index (χ0n) is 15.0. The summed E-state index contributed by atoms with van der Waals surface area (Å²) < 4.78 is 1.66. The summed E-state index contributed by atoms with van der Waals surface area (Å²) in [6.45, 7) is 2.41. The molecule has 0 amide bonds. The first kappa shape index (κ1) is 16.2. The smallest absolute Gasteiger partial charge is 0.274 e. The number of nitrogens with zero attached hydrogens (tertiary/aromatic N) is 2. The zero-order chi connectivity index (χ0) is 17.4. The van der Waals surface area contributed by atoms with E-state index in [-0.39, 0.29) is 5.56 Å². The number of pyridine rings is 1. The van der Waals surface area contributed by atoms with Gasteiger partial charge in [-0.05, 0) is 62.5 Å². The first-order valence-electron chi connectivity index (χ1n) is 9.06. The number of benzene rings is 1. The number of fused-ring (bicyclic) bond motifs is 1. The molecule has 0 radical (unpaired) electrons. The molecule has 0 atom stereocenters. The third-order valence-electron chi connectivity index (χ3n) is 5.49. The summed E-state index contributed by atoms with van der Waals surface area (Å²) in [6.07, 6.45) is 7.50. The van der Waals surface area contributed by atoms with Crippen molar-refractivity contribution in [2.24, 2.45) is 13.0 Å². The number of hydrogen-bond donors (Lipinski definition) is 1. The monoisotopic (exact) mass is 335 g/mol. The number of aryl methyl sites for hydroxylation is 1. The fourth-order valence-corrected chi connectivity index (χ4v) is 3.96. The van der Waals surface area contributed by atoms with Gasteiger partial charge < -0.3 is 14.5 Å². The lowest BCUT2D eigenvalue weighted by Gasteiger charge is -2.29. The van der Waals surface area contributed by atoms with Crippen LogP contribution >= 0.6 is 0 Å². The quantitative estimate of drug-likeness (QED) is 0.797. The van der Waals surface area contributed by atoms with Crippen LogP contribution in [0.1, 0.15) is 18.4 Å². The standard InChI is InChI=1S/C21H25N3O/c1-23-10-7-15(8-11-23)12-16-4-3-5-17(13-16)19-14-24(2)21(25)20-18(19)6-9-22-20/h3-6,9,13-15,22H,7-8,10-12H2,1-2H3. The third kappa shape index (κ3) is 3.14. The summed E-state index contributed by atoms with van der Waals surface area (Å²) in [7, 11) is 4.02. The van der Waals surface area contributed by atoms with E-state index in [4.69, 9.17) is 0 Å². The highest BCUT2D eigenvalue weighted by atomic mass is 16.1. The molecule has 1 aliphatic rings. The topological polar surface area (TPSA) is 41.0 Å². The summed E-state index contributed by atoms with van der Waals surface area (Å²) in [5.74, 6) is 0.777. The number of hydrogen-bond acceptors (Lipinski definition) is 2. The van der Waals surface area contributed by atoms with Gasteiger partial charge in [0.1, 0.15) is 5.52 Å². The van der Waals surface area contributed by atoms with Crippen LogP contribution < -0.4 is 5.56 Å². The Kier molecular flexibility index (Phi) is 4.22. The average Bonchev–Trinajstić information content (AvgIpc) is 3.10. The van der Waals surface area contributed by atoms with Crippen molar-refractivity contribution in [1.29, 1.82) is 0 Å². The summed E-state index contributed by atoms with van der Waals surface area (Å²) in [6, 6.07) is 10.8. The first-order chi connectivity index (χ1) is 12.1. The van der Waals surface area contributed by atoms with Crippen LogP contribution in [0.5, 0.6) is 0 Å². The van der Waals surface area contributed by atoms with E-state index in [0.29, 0.717) is 5.52 Å². The normalized spacial score (nSPS) is 16.6. The lowest BCUT2D eigenvalue weighted by molar-refractivity contribution is 0.219. The van der Waals surface area contributed by atoms with Crippen molar-refractivity contribution >= 4 is 10.9 Å². The molecule has 2 aromatic heterocycles. The van der Waals surface area contributed by atoms with Gasteiger partial charge in [0.2, 0.25) is 0 Å². The number of aromatic amines is 1. The highest BCUT2D eigenvalue weighted by molar-refractivity contribution is 5.94. The van der Waals surface area contributed by atoms with E-state index in [1.54, 1.807) is 4.57 Å². The molecule has 25 heavy (non-hydrogen) atoms. The number of aromatic nitrogens is 2. The minimum Gasteiger partial charge on any atom is -0.357 e. The molecule has 130 valence electrons. The van der Waals surface area contributed by atoms with E-state index >= 15 is 0 Å². The molecule has 4 heteroatoms. The molecule has 4 rings (SSSR count). The summed E-state index contributed by atoms with van der Waals surface area (Å²) in [4.78, 5) is 17.8. The Morgan fingerprint density at radius 2 is 1.96 bits per heavy atom. The molecule has 0 bridgehead atoms. The summed E-state index contributed by atoms with van der Waals surface area (Å²) in [5.41, 5.74) is 4.39. The minimum absolute atomic E-state index is 0.0197. The van der Waals surface area contributed by atoms with Gasteiger partial charge in [-0.15, -0.1) is 0 Å². The van der Waals surface area contributed by atoms with E-state index in [1.807, 2.05) is 25.5 Å². The maximum atomic E-state index is 12.3. The number of H-pyrrole nitrogens is 1. The number of piperidine rings is 1. The molecule has 3 aromatic rings. The molecule has 3 heterocycles. The van der Waals surface area contributed by atoms with E-state index in [0.717, 1.165) is 23.3 Å². The second-order valence-electron chi connectivity index (χ2n) is 7.38. The first-order valence-corrected chi connectivity index (χ1v) is 9.06. The predicted molar refractivity (Wildman–Crippen MR) is 103 cm³/mol. The Labute approximate surface area is 148 Å². The summed E-state index contributed by atoms with van der Waals surface area (Å²) >= 11 is 0. The second-order valence-corrected chi connectivity index (χ2v) is 7.38. The van der Waals surface area contributed by atoms with E-state index in [2.05, 4.69) is 41.2 Å². The minimum atomic E-state index is 0.0197. The van der Waals surface area contributed by atoms with Gasteiger partial charge in [-0.1, -0.05) is 24.3 Å². The van der Waals surface area contributed by atoms with Crippen molar-refractivity contribution < 1.29 is 0 Å². The molecule has 1 N–H and O–H groups in total. The van der Waals surface area contributed by atoms with Crippen molar-refractivity contribution in [3.63, 3.8) is 0 Å². The Morgan fingerprint density at radius 1 is 1.16 bits per heavy atom. The molecule has 4 nitrogen and oxygen atoms in total. The van der Waals surface area contributed by atoms with Gasteiger partial charge in [-0.25, -0.2) is 0 Å². The molecule has 1 fully saturated rings. The van der Waals surface area contributed by atoms with Crippen LogP contribution in [0.4, 0.5) is 0 Å². The molecule has 0 unspecified atom stereocenters. The molecule has 0 saturated carbocycles. The molecule has 1 saturated heterocycles. The van der Waals surface area contributed by atoms with E-state index < -0.39 is 0 Å². The van der Waals surface area contributed by atoms with Gasteiger partial charge >= 0.3 is 0 Å². The fourth-order valence-electron chi connectivity index (χ4n) is 3.96. The molecular formula is C21H25N3O. The van der Waals surface area contributed by atoms with Crippen LogP contribution in [0.2, 0.25) is 0 Å². The molecule has 1 aliphatic heterocycles. The largest absolute Gasteiger partial charge is 0.357 e. The van der Waals surface area contributed by atoms with Crippen molar-refractivity contribution in [2.75, 3.05) is 20.1 Å². The Hall–Kier alpha value is -2.33. The zero-order valence-corrected chi connectivity index (χ0v) is 15.0. The van der Waals surface area contributed by atoms with E-state index in [1.165, 1.54) is 37.1 Å². The van der Waals surface area contributed by atoms with Crippen molar-refractivity contribution in [2.45, 2.75) is 19.3 Å². The average molecular weight is 335 g/mol. The number of nitrogens with one attached hydrogen (secondary N) is 1. The Balaban J connectivity index is 1.67. The van der Waals surface area contributed by atoms with Crippen LogP contribution in [-0.2, 0) is 13.5 Å². The molecule has 0 aliphatic carbocycles. The number of rotatable bonds is 3. The van der Waals surface area contributed by atoms with Crippen molar-refractivity contribution in [1.82, 2.24) is 14.5 Å². The highest BCUT2D eigenvalue weighted by Crippen LogP contribution is 2.28. The predicted octanol–water partition coefficient (Wildman–Crippen LogP) is 3.42. The van der Waals surface area contributed by atoms with Crippen LogP contribution in [-0.4, -0.2) is 34.6 Å². The van der Waals surface area contributed by atoms with Crippen LogP contribution in [0.3, 0.4) is 0 Å². The highest BCUT2D eigenvalue weighted by Gasteiger charge is 2.17. The van der Waals surface area contributed by atoms with Gasteiger partial charge in [0.15, 0.2) is 0 Å². The van der Waals surface area contributed by atoms with Gasteiger partial charge in [0.05, 0.1) is 0 Å².